The minimum atomic E-state index is -0.411. The summed E-state index contributed by atoms with van der Waals surface area (Å²) in [6.45, 7) is 2.48. The van der Waals surface area contributed by atoms with E-state index in [0.717, 1.165) is 19.4 Å². The number of anilines is 2. The molecule has 31 heavy (non-hydrogen) atoms. The predicted octanol–water partition coefficient (Wildman–Crippen LogP) is 3.60. The molecule has 3 amide bonds. The Morgan fingerprint density at radius 1 is 1.06 bits per heavy atom. The van der Waals surface area contributed by atoms with Crippen LogP contribution < -0.4 is 15.5 Å². The molecule has 2 saturated heterocycles. The van der Waals surface area contributed by atoms with Gasteiger partial charge in [-0.15, -0.1) is 0 Å². The molecular formula is C23H26F2N4O2. The molecule has 4 rings (SSSR count). The molecule has 2 unspecified atom stereocenters. The van der Waals surface area contributed by atoms with Crippen molar-refractivity contribution in [2.45, 2.75) is 25.3 Å². The van der Waals surface area contributed by atoms with Crippen LogP contribution in [0.5, 0.6) is 0 Å². The van der Waals surface area contributed by atoms with Gasteiger partial charge in [-0.25, -0.2) is 13.6 Å². The lowest BCUT2D eigenvalue weighted by atomic mass is 9.96. The Morgan fingerprint density at radius 2 is 1.90 bits per heavy atom. The first-order chi connectivity index (χ1) is 15.0. The van der Waals surface area contributed by atoms with E-state index in [0.29, 0.717) is 37.4 Å². The van der Waals surface area contributed by atoms with Gasteiger partial charge in [-0.1, -0.05) is 18.2 Å². The molecule has 0 aliphatic carbocycles. The number of likely N-dealkylation sites (tertiary alicyclic amines) is 1. The zero-order chi connectivity index (χ0) is 21.8. The number of rotatable bonds is 5. The highest BCUT2D eigenvalue weighted by Crippen LogP contribution is 2.29. The summed E-state index contributed by atoms with van der Waals surface area (Å²) < 4.78 is 27.4. The van der Waals surface area contributed by atoms with Gasteiger partial charge in [-0.2, -0.15) is 0 Å². The summed E-state index contributed by atoms with van der Waals surface area (Å²) in [6, 6.07) is 11.4. The summed E-state index contributed by atoms with van der Waals surface area (Å²) in [4.78, 5) is 28.8. The van der Waals surface area contributed by atoms with Crippen LogP contribution in [0.15, 0.2) is 48.5 Å². The Bertz CT molecular complexity index is 955. The van der Waals surface area contributed by atoms with Crippen LogP contribution in [0.2, 0.25) is 0 Å². The fourth-order valence-electron chi connectivity index (χ4n) is 4.44. The molecule has 0 saturated carbocycles. The molecule has 2 aromatic carbocycles. The maximum Gasteiger partial charge on any atom is 0.319 e. The molecule has 2 aliphatic heterocycles. The van der Waals surface area contributed by atoms with Gasteiger partial charge in [0.15, 0.2) is 0 Å². The Labute approximate surface area is 180 Å². The quantitative estimate of drug-likeness (QED) is 0.765. The Morgan fingerprint density at radius 3 is 2.71 bits per heavy atom. The number of para-hydroxylation sites is 1. The van der Waals surface area contributed by atoms with E-state index in [-0.39, 0.29) is 29.7 Å². The fraction of sp³-hybridized carbons (Fsp3) is 0.391. The number of amides is 3. The van der Waals surface area contributed by atoms with Crippen LogP contribution in [-0.2, 0) is 4.79 Å². The van der Waals surface area contributed by atoms with Crippen molar-refractivity contribution in [2.24, 2.45) is 5.92 Å². The Kier molecular flexibility index (Phi) is 6.46. The molecule has 2 heterocycles. The molecule has 8 heteroatoms. The van der Waals surface area contributed by atoms with E-state index in [1.165, 1.54) is 29.2 Å². The van der Waals surface area contributed by atoms with Gasteiger partial charge in [0, 0.05) is 25.3 Å². The molecule has 6 nitrogen and oxygen atoms in total. The summed E-state index contributed by atoms with van der Waals surface area (Å²) in [5.41, 5.74) is 0.729. The zero-order valence-corrected chi connectivity index (χ0v) is 17.2. The van der Waals surface area contributed by atoms with Crippen molar-refractivity contribution in [3.8, 4) is 0 Å². The average Bonchev–Trinajstić information content (AvgIpc) is 3.14. The molecule has 2 aromatic rings. The van der Waals surface area contributed by atoms with E-state index in [9.17, 15) is 18.4 Å². The number of urea groups is 1. The summed E-state index contributed by atoms with van der Waals surface area (Å²) in [6.07, 6.45) is 2.55. The Balaban J connectivity index is 1.30. The van der Waals surface area contributed by atoms with Crippen molar-refractivity contribution in [1.82, 2.24) is 10.2 Å². The smallest absolute Gasteiger partial charge is 0.319 e. The van der Waals surface area contributed by atoms with Crippen LogP contribution in [-0.4, -0.2) is 49.1 Å². The lowest BCUT2D eigenvalue weighted by molar-refractivity contribution is -0.122. The third-order valence-electron chi connectivity index (χ3n) is 5.95. The lowest BCUT2D eigenvalue weighted by Crippen LogP contribution is -2.49. The highest BCUT2D eigenvalue weighted by atomic mass is 19.1. The first kappa shape index (κ1) is 21.2. The number of nitrogens with one attached hydrogen (secondary N) is 2. The SMILES string of the molecule is O=C(NCC1CCCN(C2CCN(c3ccccc3F)C2=O)C1)Nc1cccc(F)c1. The second-order valence-electron chi connectivity index (χ2n) is 8.09. The number of nitrogens with zero attached hydrogens (tertiary/aromatic N) is 2. The summed E-state index contributed by atoms with van der Waals surface area (Å²) in [7, 11) is 0. The van der Waals surface area contributed by atoms with E-state index in [2.05, 4.69) is 15.5 Å². The summed E-state index contributed by atoms with van der Waals surface area (Å²) in [5.74, 6) is -0.655. The van der Waals surface area contributed by atoms with Crippen LogP contribution in [0, 0.1) is 17.6 Å². The number of carbonyl (C=O) groups is 2. The fourth-order valence-corrected chi connectivity index (χ4v) is 4.44. The lowest BCUT2D eigenvalue weighted by Gasteiger charge is -2.36. The molecule has 2 fully saturated rings. The topological polar surface area (TPSA) is 64.7 Å². The molecule has 2 N–H and O–H groups in total. The zero-order valence-electron chi connectivity index (χ0n) is 17.2. The monoisotopic (exact) mass is 428 g/mol. The number of halogens is 2. The largest absolute Gasteiger partial charge is 0.338 e. The minimum absolute atomic E-state index is 0.0671. The standard InChI is InChI=1S/C23H26F2N4O2/c24-17-6-3-7-18(13-17)27-23(31)26-14-16-5-4-11-28(15-16)21-10-12-29(22(21)30)20-9-2-1-8-19(20)25/h1-3,6-9,13,16,21H,4-5,10-12,14-15H2,(H2,26,27,31). The van der Waals surface area contributed by atoms with Gasteiger partial charge >= 0.3 is 6.03 Å². The van der Waals surface area contributed by atoms with Crippen LogP contribution in [0.1, 0.15) is 19.3 Å². The molecule has 2 atom stereocenters. The highest BCUT2D eigenvalue weighted by molar-refractivity contribution is 5.99. The number of hydrogen-bond acceptors (Lipinski definition) is 3. The van der Waals surface area contributed by atoms with Crippen molar-refractivity contribution in [3.05, 3.63) is 60.2 Å². The molecule has 0 radical (unpaired) electrons. The molecular weight excluding hydrogens is 402 g/mol. The second-order valence-corrected chi connectivity index (χ2v) is 8.09. The van der Waals surface area contributed by atoms with Gasteiger partial charge in [0.2, 0.25) is 5.91 Å². The van der Waals surface area contributed by atoms with Gasteiger partial charge in [0.05, 0.1) is 11.7 Å². The number of carbonyl (C=O) groups excluding carboxylic acids is 2. The third kappa shape index (κ3) is 5.02. The first-order valence-electron chi connectivity index (χ1n) is 10.6. The van der Waals surface area contributed by atoms with Crippen LogP contribution in [0.3, 0.4) is 0 Å². The van der Waals surface area contributed by atoms with Crippen molar-refractivity contribution in [2.75, 3.05) is 36.4 Å². The summed E-state index contributed by atoms with van der Waals surface area (Å²) >= 11 is 0. The Hall–Kier alpha value is -3.00. The van der Waals surface area contributed by atoms with Crippen molar-refractivity contribution < 1.29 is 18.4 Å². The number of benzene rings is 2. The molecule has 0 spiro atoms. The van der Waals surface area contributed by atoms with Crippen LogP contribution >= 0.6 is 0 Å². The van der Waals surface area contributed by atoms with Crippen LogP contribution in [0.4, 0.5) is 25.0 Å². The number of hydrogen-bond donors (Lipinski definition) is 2. The van der Waals surface area contributed by atoms with E-state index in [1.807, 2.05) is 0 Å². The maximum absolute atomic E-state index is 14.1. The van der Waals surface area contributed by atoms with Crippen molar-refractivity contribution in [1.29, 1.82) is 0 Å². The molecule has 2 aliphatic rings. The molecule has 0 aromatic heterocycles. The van der Waals surface area contributed by atoms with Gasteiger partial charge < -0.3 is 15.5 Å². The molecule has 164 valence electrons. The number of piperidine rings is 1. The van der Waals surface area contributed by atoms with Gasteiger partial charge in [-0.3, -0.25) is 9.69 Å². The normalized spacial score (nSPS) is 21.9. The minimum Gasteiger partial charge on any atom is -0.338 e. The average molecular weight is 428 g/mol. The van der Waals surface area contributed by atoms with E-state index >= 15 is 0 Å². The summed E-state index contributed by atoms with van der Waals surface area (Å²) in [5, 5.41) is 5.47. The van der Waals surface area contributed by atoms with Gasteiger partial charge in [-0.05, 0) is 62.1 Å². The predicted molar refractivity (Wildman–Crippen MR) is 115 cm³/mol. The van der Waals surface area contributed by atoms with E-state index < -0.39 is 5.82 Å². The third-order valence-corrected chi connectivity index (χ3v) is 5.95. The van der Waals surface area contributed by atoms with Crippen molar-refractivity contribution >= 4 is 23.3 Å². The van der Waals surface area contributed by atoms with Crippen molar-refractivity contribution in [3.63, 3.8) is 0 Å². The van der Waals surface area contributed by atoms with E-state index in [1.54, 1.807) is 24.3 Å². The molecule has 0 bridgehead atoms. The maximum atomic E-state index is 14.1. The van der Waals surface area contributed by atoms with E-state index in [4.69, 9.17) is 0 Å². The second kappa shape index (κ2) is 9.43. The van der Waals surface area contributed by atoms with Gasteiger partial charge in [0.1, 0.15) is 11.6 Å². The highest BCUT2D eigenvalue weighted by Gasteiger charge is 2.39. The van der Waals surface area contributed by atoms with Gasteiger partial charge in [0.25, 0.3) is 0 Å². The first-order valence-corrected chi connectivity index (χ1v) is 10.6. The van der Waals surface area contributed by atoms with Crippen LogP contribution in [0.25, 0.3) is 0 Å².